The van der Waals surface area contributed by atoms with Gasteiger partial charge in [0.25, 0.3) is 5.91 Å². The molecule has 1 saturated heterocycles. The van der Waals surface area contributed by atoms with Crippen LogP contribution < -0.4 is 9.64 Å². The molecule has 1 aliphatic heterocycles. The Labute approximate surface area is 193 Å². The Bertz CT molecular complexity index is 1170. The monoisotopic (exact) mass is 442 g/mol. The molecule has 168 valence electrons. The van der Waals surface area contributed by atoms with Gasteiger partial charge >= 0.3 is 0 Å². The van der Waals surface area contributed by atoms with E-state index in [1.54, 1.807) is 18.2 Å². The second-order valence-corrected chi connectivity index (χ2v) is 7.80. The van der Waals surface area contributed by atoms with E-state index in [0.29, 0.717) is 50.1 Å². The number of ether oxygens (including phenoxy) is 1. The lowest BCUT2D eigenvalue weighted by Crippen LogP contribution is -2.48. The molecule has 0 saturated carbocycles. The molecule has 7 heteroatoms. The largest absolute Gasteiger partial charge is 0.494 e. The van der Waals surface area contributed by atoms with E-state index in [9.17, 15) is 10.1 Å². The summed E-state index contributed by atoms with van der Waals surface area (Å²) in [6.45, 7) is 6.75. The number of aromatic nitrogens is 1. The van der Waals surface area contributed by atoms with Crippen molar-refractivity contribution >= 4 is 23.9 Å². The molecule has 0 bridgehead atoms. The summed E-state index contributed by atoms with van der Waals surface area (Å²) in [6.07, 6.45) is 3.67. The maximum atomic E-state index is 12.8. The third kappa shape index (κ3) is 5.24. The van der Waals surface area contributed by atoms with Crippen molar-refractivity contribution in [3.05, 3.63) is 76.8 Å². The number of nitrogens with zero attached hydrogens (tertiary/aromatic N) is 4. The third-order valence-corrected chi connectivity index (χ3v) is 5.49. The van der Waals surface area contributed by atoms with Crippen LogP contribution in [-0.2, 0) is 0 Å². The van der Waals surface area contributed by atoms with Crippen molar-refractivity contribution in [1.29, 1.82) is 5.26 Å². The first-order valence-corrected chi connectivity index (χ1v) is 11.0. The Morgan fingerprint density at radius 3 is 2.42 bits per heavy atom. The molecule has 0 unspecified atom stereocenters. The van der Waals surface area contributed by atoms with Crippen molar-refractivity contribution in [2.24, 2.45) is 0 Å². The van der Waals surface area contributed by atoms with E-state index in [1.165, 1.54) is 5.56 Å². The highest BCUT2D eigenvalue weighted by molar-refractivity contribution is 5.94. The highest BCUT2D eigenvalue weighted by Gasteiger charge is 2.26. The van der Waals surface area contributed by atoms with Crippen molar-refractivity contribution in [1.82, 2.24) is 9.88 Å². The van der Waals surface area contributed by atoms with Gasteiger partial charge in [0.15, 0.2) is 0 Å². The SMILES string of the molecule is CCOc1ccc(C(=O)N2CCN(c3oc(C=Cc4ccc(C)cc4)nc3C#N)CC2)cc1. The average Bonchev–Trinajstić information content (AvgIpc) is 3.27. The van der Waals surface area contributed by atoms with Crippen LogP contribution in [-0.4, -0.2) is 48.6 Å². The normalized spacial score (nSPS) is 13.8. The summed E-state index contributed by atoms with van der Waals surface area (Å²) in [5.41, 5.74) is 3.11. The quantitative estimate of drug-likeness (QED) is 0.563. The third-order valence-electron chi connectivity index (χ3n) is 5.49. The zero-order chi connectivity index (χ0) is 23.2. The van der Waals surface area contributed by atoms with E-state index in [-0.39, 0.29) is 11.6 Å². The second-order valence-electron chi connectivity index (χ2n) is 7.80. The van der Waals surface area contributed by atoms with Crippen LogP contribution in [0, 0.1) is 18.3 Å². The van der Waals surface area contributed by atoms with Crippen LogP contribution in [0.5, 0.6) is 5.75 Å². The first-order valence-electron chi connectivity index (χ1n) is 11.0. The first kappa shape index (κ1) is 22.2. The topological polar surface area (TPSA) is 82.6 Å². The number of oxazole rings is 1. The van der Waals surface area contributed by atoms with Gasteiger partial charge in [-0.05, 0) is 49.8 Å². The van der Waals surface area contributed by atoms with E-state index in [2.05, 4.69) is 11.1 Å². The maximum absolute atomic E-state index is 12.8. The van der Waals surface area contributed by atoms with Gasteiger partial charge in [0, 0.05) is 37.8 Å². The lowest BCUT2D eigenvalue weighted by Gasteiger charge is -2.34. The molecule has 0 atom stereocenters. The van der Waals surface area contributed by atoms with E-state index < -0.39 is 0 Å². The van der Waals surface area contributed by atoms with Gasteiger partial charge in [-0.1, -0.05) is 29.8 Å². The molecule has 7 nitrogen and oxygen atoms in total. The number of piperazine rings is 1. The van der Waals surface area contributed by atoms with Gasteiger partial charge in [-0.2, -0.15) is 10.2 Å². The van der Waals surface area contributed by atoms with Crippen molar-refractivity contribution in [2.45, 2.75) is 13.8 Å². The Balaban J connectivity index is 1.40. The van der Waals surface area contributed by atoms with Gasteiger partial charge in [-0.3, -0.25) is 4.79 Å². The van der Waals surface area contributed by atoms with Crippen LogP contribution in [0.15, 0.2) is 52.9 Å². The van der Waals surface area contributed by atoms with E-state index >= 15 is 0 Å². The summed E-state index contributed by atoms with van der Waals surface area (Å²) in [7, 11) is 0. The number of carbonyl (C=O) groups excluding carboxylic acids is 1. The molecule has 1 aliphatic rings. The number of aryl methyl sites for hydroxylation is 1. The number of carbonyl (C=O) groups is 1. The molecule has 2 heterocycles. The van der Waals surface area contributed by atoms with Crippen molar-refractivity contribution < 1.29 is 13.9 Å². The number of anilines is 1. The van der Waals surface area contributed by atoms with Crippen LogP contribution >= 0.6 is 0 Å². The summed E-state index contributed by atoms with van der Waals surface area (Å²) < 4.78 is 11.3. The predicted octanol–water partition coefficient (Wildman–Crippen LogP) is 4.39. The van der Waals surface area contributed by atoms with Gasteiger partial charge in [0.2, 0.25) is 17.5 Å². The fourth-order valence-electron chi connectivity index (χ4n) is 3.69. The smallest absolute Gasteiger partial charge is 0.253 e. The fourth-order valence-corrected chi connectivity index (χ4v) is 3.69. The molecular formula is C26H26N4O3. The summed E-state index contributed by atoms with van der Waals surface area (Å²) in [5, 5.41) is 9.53. The van der Waals surface area contributed by atoms with Gasteiger partial charge in [-0.15, -0.1) is 0 Å². The molecule has 0 N–H and O–H groups in total. The molecule has 1 amide bonds. The van der Waals surface area contributed by atoms with Gasteiger partial charge in [0.1, 0.15) is 11.8 Å². The summed E-state index contributed by atoms with van der Waals surface area (Å²) in [5.74, 6) is 1.57. The van der Waals surface area contributed by atoms with Crippen molar-refractivity contribution in [2.75, 3.05) is 37.7 Å². The molecule has 0 radical (unpaired) electrons. The zero-order valence-electron chi connectivity index (χ0n) is 18.8. The number of nitriles is 1. The van der Waals surface area contributed by atoms with E-state index in [1.807, 2.05) is 66.1 Å². The summed E-state index contributed by atoms with van der Waals surface area (Å²) in [6, 6.07) is 17.4. The Hall–Kier alpha value is -4.05. The second kappa shape index (κ2) is 10.0. The molecule has 0 spiro atoms. The minimum absolute atomic E-state index is 0.0162. The van der Waals surface area contributed by atoms with Crippen molar-refractivity contribution in [3.63, 3.8) is 0 Å². The first-order chi connectivity index (χ1) is 16.1. The lowest BCUT2D eigenvalue weighted by molar-refractivity contribution is 0.0745. The number of amides is 1. The predicted molar refractivity (Wildman–Crippen MR) is 127 cm³/mol. The zero-order valence-corrected chi connectivity index (χ0v) is 18.8. The van der Waals surface area contributed by atoms with Gasteiger partial charge < -0.3 is 19.0 Å². The Morgan fingerprint density at radius 1 is 1.09 bits per heavy atom. The van der Waals surface area contributed by atoms with Gasteiger partial charge in [0.05, 0.1) is 6.61 Å². The number of benzene rings is 2. The van der Waals surface area contributed by atoms with Crippen LogP contribution in [0.25, 0.3) is 12.2 Å². The molecule has 3 aromatic rings. The minimum atomic E-state index is -0.0162. The lowest BCUT2D eigenvalue weighted by atomic mass is 10.1. The van der Waals surface area contributed by atoms with E-state index in [0.717, 1.165) is 11.3 Å². The number of hydrogen-bond donors (Lipinski definition) is 0. The minimum Gasteiger partial charge on any atom is -0.494 e. The maximum Gasteiger partial charge on any atom is 0.253 e. The van der Waals surface area contributed by atoms with Crippen molar-refractivity contribution in [3.8, 4) is 11.8 Å². The summed E-state index contributed by atoms with van der Waals surface area (Å²) in [4.78, 5) is 20.9. The molecule has 2 aromatic carbocycles. The Kier molecular flexibility index (Phi) is 6.75. The van der Waals surface area contributed by atoms with E-state index in [4.69, 9.17) is 9.15 Å². The highest BCUT2D eigenvalue weighted by Crippen LogP contribution is 2.25. The highest BCUT2D eigenvalue weighted by atomic mass is 16.5. The Morgan fingerprint density at radius 2 is 1.79 bits per heavy atom. The van der Waals surface area contributed by atoms with Crippen LogP contribution in [0.4, 0.5) is 5.88 Å². The molecular weight excluding hydrogens is 416 g/mol. The standard InChI is InChI=1S/C26H26N4O3/c1-3-32-22-11-9-21(10-12-22)25(31)29-14-16-30(17-15-29)26-23(18-27)28-24(33-26)13-8-20-6-4-19(2)5-7-20/h4-13H,3,14-17H2,1-2H3. The molecule has 1 fully saturated rings. The number of rotatable bonds is 6. The number of hydrogen-bond acceptors (Lipinski definition) is 6. The van der Waals surface area contributed by atoms with Gasteiger partial charge in [-0.25, -0.2) is 0 Å². The van der Waals surface area contributed by atoms with Crippen LogP contribution in [0.1, 0.15) is 40.0 Å². The molecule has 1 aromatic heterocycles. The molecule has 33 heavy (non-hydrogen) atoms. The summed E-state index contributed by atoms with van der Waals surface area (Å²) >= 11 is 0. The molecule has 4 rings (SSSR count). The van der Waals surface area contributed by atoms with Crippen LogP contribution in [0.3, 0.4) is 0 Å². The molecule has 0 aliphatic carbocycles. The average molecular weight is 443 g/mol. The fraction of sp³-hybridized carbons (Fsp3) is 0.269. The van der Waals surface area contributed by atoms with Crippen LogP contribution in [0.2, 0.25) is 0 Å².